The largest absolute Gasteiger partial charge is 0.491 e. The lowest BCUT2D eigenvalue weighted by Gasteiger charge is -2.44. The van der Waals surface area contributed by atoms with Crippen molar-refractivity contribution in [3.05, 3.63) is 18.2 Å². The topological polar surface area (TPSA) is 24.5 Å². The van der Waals surface area contributed by atoms with Gasteiger partial charge >= 0.3 is 0 Å². The molecule has 0 amide bonds. The molecule has 2 unspecified atom stereocenters. The van der Waals surface area contributed by atoms with Crippen molar-refractivity contribution >= 4 is 11.4 Å². The van der Waals surface area contributed by atoms with Crippen LogP contribution < -0.4 is 15.0 Å². The van der Waals surface area contributed by atoms with E-state index in [9.17, 15) is 0 Å². The van der Waals surface area contributed by atoms with E-state index in [4.69, 9.17) is 4.74 Å². The van der Waals surface area contributed by atoms with Gasteiger partial charge in [-0.3, -0.25) is 0 Å². The molecule has 2 atom stereocenters. The number of nitrogens with zero attached hydrogens (tertiary/aromatic N) is 1. The highest BCUT2D eigenvalue weighted by molar-refractivity contribution is 5.79. The standard InChI is InChI=1S/C16H24N2O/c1-3-9-19-15-6-4-5-14-16(15)17-11-13-10-12(2)7-8-18(13)14/h4-6,12-13,17H,3,7-11H2,1-2H3. The van der Waals surface area contributed by atoms with Gasteiger partial charge in [0.15, 0.2) is 0 Å². The summed E-state index contributed by atoms with van der Waals surface area (Å²) in [5.41, 5.74) is 2.53. The number of ether oxygens (including phenoxy) is 1. The number of nitrogens with one attached hydrogen (secondary N) is 1. The predicted molar refractivity (Wildman–Crippen MR) is 80.2 cm³/mol. The van der Waals surface area contributed by atoms with Gasteiger partial charge in [-0.1, -0.05) is 19.9 Å². The summed E-state index contributed by atoms with van der Waals surface area (Å²) in [6.07, 6.45) is 3.65. The number of anilines is 2. The zero-order chi connectivity index (χ0) is 13.2. The number of hydrogen-bond donors (Lipinski definition) is 1. The Morgan fingerprint density at radius 2 is 2.32 bits per heavy atom. The first-order valence-corrected chi connectivity index (χ1v) is 7.56. The number of fused-ring (bicyclic) bond motifs is 3. The number of hydrogen-bond acceptors (Lipinski definition) is 3. The fraction of sp³-hybridized carbons (Fsp3) is 0.625. The second-order valence-electron chi connectivity index (χ2n) is 5.86. The molecule has 3 rings (SSSR count). The second-order valence-corrected chi connectivity index (χ2v) is 5.86. The van der Waals surface area contributed by atoms with Crippen LogP contribution in [0.5, 0.6) is 5.75 Å². The maximum absolute atomic E-state index is 5.87. The Morgan fingerprint density at radius 3 is 3.16 bits per heavy atom. The first-order chi connectivity index (χ1) is 9.29. The highest BCUT2D eigenvalue weighted by Gasteiger charge is 2.32. The third kappa shape index (κ3) is 2.38. The molecular weight excluding hydrogens is 236 g/mol. The van der Waals surface area contributed by atoms with Crippen LogP contribution in [0.1, 0.15) is 33.1 Å². The summed E-state index contributed by atoms with van der Waals surface area (Å²) >= 11 is 0. The maximum atomic E-state index is 5.87. The van der Waals surface area contributed by atoms with E-state index in [1.807, 2.05) is 0 Å². The summed E-state index contributed by atoms with van der Waals surface area (Å²) in [6.45, 7) is 7.53. The van der Waals surface area contributed by atoms with Crippen LogP contribution in [0.3, 0.4) is 0 Å². The molecule has 19 heavy (non-hydrogen) atoms. The van der Waals surface area contributed by atoms with Crippen LogP contribution >= 0.6 is 0 Å². The summed E-state index contributed by atoms with van der Waals surface area (Å²) in [5.74, 6) is 1.86. The summed E-state index contributed by atoms with van der Waals surface area (Å²) in [4.78, 5) is 2.57. The second kappa shape index (κ2) is 5.32. The zero-order valence-electron chi connectivity index (χ0n) is 12.0. The molecule has 2 aliphatic heterocycles. The zero-order valence-corrected chi connectivity index (χ0v) is 12.0. The Balaban J connectivity index is 1.87. The van der Waals surface area contributed by atoms with Crippen LogP contribution in [-0.4, -0.2) is 25.7 Å². The van der Waals surface area contributed by atoms with Gasteiger partial charge in [0.25, 0.3) is 0 Å². The van der Waals surface area contributed by atoms with Crippen LogP contribution in [0, 0.1) is 5.92 Å². The molecule has 1 N–H and O–H groups in total. The summed E-state index contributed by atoms with van der Waals surface area (Å²) in [5, 5.41) is 3.59. The van der Waals surface area contributed by atoms with E-state index in [1.54, 1.807) is 0 Å². The summed E-state index contributed by atoms with van der Waals surface area (Å²) in [7, 11) is 0. The minimum absolute atomic E-state index is 0.651. The Kier molecular flexibility index (Phi) is 3.54. The number of rotatable bonds is 3. The molecule has 0 saturated carbocycles. The molecule has 0 spiro atoms. The Morgan fingerprint density at radius 1 is 1.42 bits per heavy atom. The molecule has 2 heterocycles. The highest BCUT2D eigenvalue weighted by Crippen LogP contribution is 2.41. The molecule has 0 aromatic heterocycles. The van der Waals surface area contributed by atoms with Gasteiger partial charge in [0, 0.05) is 19.1 Å². The lowest BCUT2D eigenvalue weighted by atomic mass is 9.90. The van der Waals surface area contributed by atoms with E-state index >= 15 is 0 Å². The highest BCUT2D eigenvalue weighted by atomic mass is 16.5. The minimum atomic E-state index is 0.651. The molecule has 1 aromatic carbocycles. The van der Waals surface area contributed by atoms with E-state index in [1.165, 1.54) is 30.8 Å². The number of piperidine rings is 1. The van der Waals surface area contributed by atoms with Gasteiger partial charge in [0.05, 0.1) is 12.3 Å². The smallest absolute Gasteiger partial charge is 0.144 e. The normalized spacial score (nSPS) is 25.3. The van der Waals surface area contributed by atoms with Crippen molar-refractivity contribution in [2.45, 2.75) is 39.2 Å². The fourth-order valence-electron chi connectivity index (χ4n) is 3.25. The maximum Gasteiger partial charge on any atom is 0.144 e. The van der Waals surface area contributed by atoms with E-state index in [0.717, 1.165) is 31.2 Å². The predicted octanol–water partition coefficient (Wildman–Crippen LogP) is 3.51. The van der Waals surface area contributed by atoms with Crippen molar-refractivity contribution < 1.29 is 4.74 Å². The average Bonchev–Trinajstić information content (AvgIpc) is 2.44. The van der Waals surface area contributed by atoms with Gasteiger partial charge in [-0.2, -0.15) is 0 Å². The van der Waals surface area contributed by atoms with Gasteiger partial charge < -0.3 is 15.0 Å². The minimum Gasteiger partial charge on any atom is -0.491 e. The molecule has 3 nitrogen and oxygen atoms in total. The molecule has 1 fully saturated rings. The quantitative estimate of drug-likeness (QED) is 0.900. The number of para-hydroxylation sites is 1. The van der Waals surface area contributed by atoms with Gasteiger partial charge in [-0.05, 0) is 37.3 Å². The fourth-order valence-corrected chi connectivity index (χ4v) is 3.25. The van der Waals surface area contributed by atoms with Gasteiger partial charge in [-0.25, -0.2) is 0 Å². The summed E-state index contributed by atoms with van der Waals surface area (Å²) in [6, 6.07) is 7.07. The Bertz CT molecular complexity index is 446. The van der Waals surface area contributed by atoms with Crippen LogP contribution in [0.4, 0.5) is 11.4 Å². The van der Waals surface area contributed by atoms with Gasteiger partial charge in [-0.15, -0.1) is 0 Å². The average molecular weight is 260 g/mol. The number of benzene rings is 1. The molecule has 1 saturated heterocycles. The first-order valence-electron chi connectivity index (χ1n) is 7.56. The Hall–Kier alpha value is -1.38. The molecule has 0 radical (unpaired) electrons. The lowest BCUT2D eigenvalue weighted by molar-refractivity contribution is 0.317. The van der Waals surface area contributed by atoms with Crippen molar-refractivity contribution in [3.63, 3.8) is 0 Å². The Labute approximate surface area is 115 Å². The molecule has 3 heteroatoms. The van der Waals surface area contributed by atoms with Crippen LogP contribution in [0.2, 0.25) is 0 Å². The van der Waals surface area contributed by atoms with Crippen LogP contribution in [-0.2, 0) is 0 Å². The van der Waals surface area contributed by atoms with Crippen molar-refractivity contribution in [2.75, 3.05) is 29.9 Å². The van der Waals surface area contributed by atoms with Crippen molar-refractivity contribution in [2.24, 2.45) is 5.92 Å². The van der Waals surface area contributed by atoms with Gasteiger partial charge in [0.2, 0.25) is 0 Å². The third-order valence-corrected chi connectivity index (χ3v) is 4.27. The van der Waals surface area contributed by atoms with Crippen molar-refractivity contribution in [3.8, 4) is 5.75 Å². The SMILES string of the molecule is CCCOc1cccc2c1NCC1CC(C)CCN21. The molecular formula is C16H24N2O. The van der Waals surface area contributed by atoms with Gasteiger partial charge in [0.1, 0.15) is 11.4 Å². The van der Waals surface area contributed by atoms with E-state index < -0.39 is 0 Å². The third-order valence-electron chi connectivity index (χ3n) is 4.27. The first kappa shape index (κ1) is 12.6. The van der Waals surface area contributed by atoms with Crippen molar-refractivity contribution in [1.29, 1.82) is 0 Å². The molecule has 1 aromatic rings. The molecule has 104 valence electrons. The van der Waals surface area contributed by atoms with E-state index in [-0.39, 0.29) is 0 Å². The monoisotopic (exact) mass is 260 g/mol. The van der Waals surface area contributed by atoms with E-state index in [2.05, 4.69) is 42.3 Å². The molecule has 0 bridgehead atoms. The van der Waals surface area contributed by atoms with Crippen LogP contribution in [0.25, 0.3) is 0 Å². The van der Waals surface area contributed by atoms with Crippen molar-refractivity contribution in [1.82, 2.24) is 0 Å². The summed E-state index contributed by atoms with van der Waals surface area (Å²) < 4.78 is 5.87. The molecule has 2 aliphatic rings. The molecule has 0 aliphatic carbocycles. The lowest BCUT2D eigenvalue weighted by Crippen LogP contribution is -2.48. The van der Waals surface area contributed by atoms with Crippen LogP contribution in [0.15, 0.2) is 18.2 Å². The van der Waals surface area contributed by atoms with E-state index in [0.29, 0.717) is 6.04 Å².